The lowest BCUT2D eigenvalue weighted by Gasteiger charge is -2.04. The smallest absolute Gasteiger partial charge is 0.335 e. The molecule has 2 N–H and O–H groups in total. The molecule has 104 valence electrons. The van der Waals surface area contributed by atoms with E-state index in [0.717, 1.165) is 5.56 Å². The SMILES string of the molecule is O=C(O)c1ccc2nc(Cc3ccccc3)[nH]c(=O)c2c1. The quantitative estimate of drug-likeness (QED) is 0.770. The summed E-state index contributed by atoms with van der Waals surface area (Å²) in [4.78, 5) is 30.1. The first kappa shape index (κ1) is 13.1. The maximum Gasteiger partial charge on any atom is 0.335 e. The molecule has 2 aromatic carbocycles. The number of H-pyrrole nitrogens is 1. The topological polar surface area (TPSA) is 83.0 Å². The van der Waals surface area contributed by atoms with Crippen molar-refractivity contribution in [2.45, 2.75) is 6.42 Å². The van der Waals surface area contributed by atoms with E-state index in [9.17, 15) is 9.59 Å². The largest absolute Gasteiger partial charge is 0.478 e. The lowest BCUT2D eigenvalue weighted by molar-refractivity contribution is 0.0697. The standard InChI is InChI=1S/C16H12N2O3/c19-15-12-9-11(16(20)21)6-7-13(12)17-14(18-15)8-10-4-2-1-3-5-10/h1-7,9H,8H2,(H,20,21)(H,17,18,19). The highest BCUT2D eigenvalue weighted by molar-refractivity contribution is 5.92. The maximum atomic E-state index is 12.1. The Balaban J connectivity index is 2.06. The minimum atomic E-state index is -1.07. The molecule has 0 unspecified atom stereocenters. The average Bonchev–Trinajstić information content (AvgIpc) is 2.48. The highest BCUT2D eigenvalue weighted by Crippen LogP contribution is 2.12. The molecule has 1 heterocycles. The molecule has 0 bridgehead atoms. The number of aromatic nitrogens is 2. The Morgan fingerprint density at radius 3 is 2.62 bits per heavy atom. The van der Waals surface area contributed by atoms with E-state index in [4.69, 9.17) is 5.11 Å². The molecular weight excluding hydrogens is 268 g/mol. The Hall–Kier alpha value is -2.95. The number of nitrogens with one attached hydrogen (secondary N) is 1. The molecule has 0 spiro atoms. The molecule has 0 amide bonds. The van der Waals surface area contributed by atoms with Gasteiger partial charge in [0, 0.05) is 6.42 Å². The molecule has 3 aromatic rings. The number of aromatic amines is 1. The van der Waals surface area contributed by atoms with Gasteiger partial charge in [0.1, 0.15) is 5.82 Å². The molecule has 5 heteroatoms. The summed E-state index contributed by atoms with van der Waals surface area (Å²) < 4.78 is 0. The second-order valence-corrected chi connectivity index (χ2v) is 4.71. The van der Waals surface area contributed by atoms with Crippen molar-refractivity contribution in [1.29, 1.82) is 0 Å². The number of fused-ring (bicyclic) bond motifs is 1. The Morgan fingerprint density at radius 2 is 1.90 bits per heavy atom. The molecule has 1 aromatic heterocycles. The molecule has 3 rings (SSSR count). The Morgan fingerprint density at radius 1 is 1.14 bits per heavy atom. The number of carboxylic acids is 1. The second kappa shape index (κ2) is 5.20. The summed E-state index contributed by atoms with van der Waals surface area (Å²) in [5, 5.41) is 9.24. The molecular formula is C16H12N2O3. The number of hydrogen-bond donors (Lipinski definition) is 2. The van der Waals surface area contributed by atoms with Crippen LogP contribution in [0.4, 0.5) is 0 Å². The van der Waals surface area contributed by atoms with E-state index in [2.05, 4.69) is 9.97 Å². The van der Waals surface area contributed by atoms with E-state index in [-0.39, 0.29) is 16.5 Å². The van der Waals surface area contributed by atoms with Crippen LogP contribution in [0.2, 0.25) is 0 Å². The number of nitrogens with zero attached hydrogens (tertiary/aromatic N) is 1. The third-order valence-electron chi connectivity index (χ3n) is 3.22. The van der Waals surface area contributed by atoms with Gasteiger partial charge in [0.25, 0.3) is 5.56 Å². The minimum Gasteiger partial charge on any atom is -0.478 e. The average molecular weight is 280 g/mol. The van der Waals surface area contributed by atoms with Crippen molar-refractivity contribution in [3.8, 4) is 0 Å². The number of benzene rings is 2. The van der Waals surface area contributed by atoms with Crippen LogP contribution in [0.25, 0.3) is 10.9 Å². The lowest BCUT2D eigenvalue weighted by atomic mass is 10.1. The van der Waals surface area contributed by atoms with E-state index >= 15 is 0 Å². The van der Waals surface area contributed by atoms with Crippen molar-refractivity contribution in [2.75, 3.05) is 0 Å². The van der Waals surface area contributed by atoms with Gasteiger partial charge in [-0.3, -0.25) is 4.79 Å². The predicted octanol–water partition coefficient (Wildman–Crippen LogP) is 2.21. The van der Waals surface area contributed by atoms with E-state index in [1.807, 2.05) is 30.3 Å². The summed E-state index contributed by atoms with van der Waals surface area (Å²) in [6.07, 6.45) is 0.521. The Labute approximate surface area is 119 Å². The van der Waals surface area contributed by atoms with Crippen LogP contribution in [0, 0.1) is 0 Å². The van der Waals surface area contributed by atoms with Crippen molar-refractivity contribution >= 4 is 16.9 Å². The van der Waals surface area contributed by atoms with Gasteiger partial charge >= 0.3 is 5.97 Å². The highest BCUT2D eigenvalue weighted by atomic mass is 16.4. The first-order valence-corrected chi connectivity index (χ1v) is 6.43. The van der Waals surface area contributed by atoms with Gasteiger partial charge in [0.2, 0.25) is 0 Å². The molecule has 0 atom stereocenters. The van der Waals surface area contributed by atoms with Gasteiger partial charge in [-0.05, 0) is 23.8 Å². The zero-order chi connectivity index (χ0) is 14.8. The van der Waals surface area contributed by atoms with E-state index in [1.165, 1.54) is 12.1 Å². The summed E-state index contributed by atoms with van der Waals surface area (Å²) in [5.74, 6) is -0.508. The summed E-state index contributed by atoms with van der Waals surface area (Å²) >= 11 is 0. The monoisotopic (exact) mass is 280 g/mol. The third-order valence-corrected chi connectivity index (χ3v) is 3.22. The van der Waals surface area contributed by atoms with Gasteiger partial charge in [-0.1, -0.05) is 30.3 Å². The van der Waals surface area contributed by atoms with Crippen LogP contribution in [-0.2, 0) is 6.42 Å². The summed E-state index contributed by atoms with van der Waals surface area (Å²) in [5.41, 5.74) is 1.29. The third kappa shape index (κ3) is 2.67. The summed E-state index contributed by atoms with van der Waals surface area (Å²) in [6.45, 7) is 0. The maximum absolute atomic E-state index is 12.1. The minimum absolute atomic E-state index is 0.0746. The fourth-order valence-corrected chi connectivity index (χ4v) is 2.19. The number of aromatic carboxylic acids is 1. The fraction of sp³-hybridized carbons (Fsp3) is 0.0625. The van der Waals surface area contributed by atoms with Crippen LogP contribution in [0.15, 0.2) is 53.3 Å². The van der Waals surface area contributed by atoms with Gasteiger partial charge in [0.05, 0.1) is 16.5 Å². The molecule has 21 heavy (non-hydrogen) atoms. The zero-order valence-electron chi connectivity index (χ0n) is 11.0. The first-order chi connectivity index (χ1) is 10.1. The van der Waals surface area contributed by atoms with Crippen molar-refractivity contribution in [2.24, 2.45) is 0 Å². The second-order valence-electron chi connectivity index (χ2n) is 4.71. The van der Waals surface area contributed by atoms with Crippen LogP contribution >= 0.6 is 0 Å². The van der Waals surface area contributed by atoms with Gasteiger partial charge in [-0.2, -0.15) is 0 Å². The van der Waals surface area contributed by atoms with E-state index in [1.54, 1.807) is 6.07 Å². The molecule has 5 nitrogen and oxygen atoms in total. The van der Waals surface area contributed by atoms with E-state index in [0.29, 0.717) is 17.8 Å². The normalized spacial score (nSPS) is 10.7. The van der Waals surface area contributed by atoms with Crippen molar-refractivity contribution in [1.82, 2.24) is 9.97 Å². The molecule has 0 aliphatic carbocycles. The van der Waals surface area contributed by atoms with Gasteiger partial charge in [-0.25, -0.2) is 9.78 Å². The fourth-order valence-electron chi connectivity index (χ4n) is 2.19. The first-order valence-electron chi connectivity index (χ1n) is 6.43. The van der Waals surface area contributed by atoms with Crippen LogP contribution < -0.4 is 5.56 Å². The van der Waals surface area contributed by atoms with Crippen molar-refractivity contribution in [3.05, 3.63) is 75.8 Å². The molecule has 0 fully saturated rings. The van der Waals surface area contributed by atoms with Crippen LogP contribution in [0.1, 0.15) is 21.7 Å². The number of carbonyl (C=O) groups is 1. The van der Waals surface area contributed by atoms with Crippen LogP contribution in [-0.4, -0.2) is 21.0 Å². The van der Waals surface area contributed by atoms with Gasteiger partial charge in [0.15, 0.2) is 0 Å². The number of hydrogen-bond acceptors (Lipinski definition) is 3. The van der Waals surface area contributed by atoms with Crippen molar-refractivity contribution in [3.63, 3.8) is 0 Å². The number of carboxylic acid groups (broad SMARTS) is 1. The Kier molecular flexibility index (Phi) is 3.23. The van der Waals surface area contributed by atoms with E-state index < -0.39 is 5.97 Å². The molecule has 0 aliphatic rings. The van der Waals surface area contributed by atoms with Crippen LogP contribution in [0.3, 0.4) is 0 Å². The van der Waals surface area contributed by atoms with Gasteiger partial charge < -0.3 is 10.1 Å². The van der Waals surface area contributed by atoms with Crippen molar-refractivity contribution < 1.29 is 9.90 Å². The number of rotatable bonds is 3. The molecule has 0 radical (unpaired) electrons. The predicted molar refractivity (Wildman–Crippen MR) is 78.6 cm³/mol. The Bertz CT molecular complexity index is 870. The lowest BCUT2D eigenvalue weighted by Crippen LogP contribution is -2.13. The summed E-state index contributed by atoms with van der Waals surface area (Å²) in [6, 6.07) is 14.0. The molecule has 0 saturated carbocycles. The van der Waals surface area contributed by atoms with Gasteiger partial charge in [-0.15, -0.1) is 0 Å². The highest BCUT2D eigenvalue weighted by Gasteiger charge is 2.08. The zero-order valence-corrected chi connectivity index (χ0v) is 11.0. The molecule has 0 aliphatic heterocycles. The molecule has 0 saturated heterocycles. The summed E-state index contributed by atoms with van der Waals surface area (Å²) in [7, 11) is 0. The van der Waals surface area contributed by atoms with Crippen LogP contribution in [0.5, 0.6) is 0 Å².